The van der Waals surface area contributed by atoms with Crippen LogP contribution < -0.4 is 0 Å². The topological polar surface area (TPSA) is 42.1 Å². The number of esters is 1. The van der Waals surface area contributed by atoms with E-state index in [2.05, 4.69) is 24.0 Å². The summed E-state index contributed by atoms with van der Waals surface area (Å²) >= 11 is 0. The Kier molecular flexibility index (Phi) is 4.85. The smallest absolute Gasteiger partial charge is 0.355 e. The van der Waals surface area contributed by atoms with Crippen LogP contribution in [0.5, 0.6) is 0 Å². The fourth-order valence-electron chi connectivity index (χ4n) is 3.73. The van der Waals surface area contributed by atoms with Gasteiger partial charge in [0.25, 0.3) is 0 Å². The Labute approximate surface area is 138 Å². The largest absolute Gasteiger partial charge is 0.461 e. The molecular weight excluding hydrogens is 286 g/mol. The molecule has 1 aromatic heterocycles. The average Bonchev–Trinajstić information content (AvgIpc) is 2.94. The highest BCUT2D eigenvalue weighted by Gasteiger charge is 2.26. The van der Waals surface area contributed by atoms with Gasteiger partial charge in [0.05, 0.1) is 6.61 Å². The van der Waals surface area contributed by atoms with Gasteiger partial charge in [-0.05, 0) is 43.7 Å². The minimum atomic E-state index is -0.253. The van der Waals surface area contributed by atoms with Crippen LogP contribution in [0.4, 0.5) is 0 Å². The van der Waals surface area contributed by atoms with Gasteiger partial charge in [0.1, 0.15) is 5.69 Å². The van der Waals surface area contributed by atoms with E-state index in [1.54, 1.807) is 0 Å². The molecule has 0 radical (unpaired) electrons. The number of aromatic nitrogens is 1. The highest BCUT2D eigenvalue weighted by atomic mass is 16.5. The third-order valence-electron chi connectivity index (χ3n) is 4.84. The molecule has 0 spiro atoms. The number of H-pyrrole nitrogens is 1. The second kappa shape index (κ2) is 7.03. The number of ether oxygens (including phenoxy) is 1. The van der Waals surface area contributed by atoms with Crippen molar-refractivity contribution in [1.82, 2.24) is 4.98 Å². The second-order valence-electron chi connectivity index (χ2n) is 6.34. The molecule has 0 saturated heterocycles. The van der Waals surface area contributed by atoms with Crippen LogP contribution in [0.1, 0.15) is 66.7 Å². The molecule has 1 aliphatic rings. The summed E-state index contributed by atoms with van der Waals surface area (Å²) in [6, 6.07) is 10.1. The lowest BCUT2D eigenvalue weighted by molar-refractivity contribution is 0.0521. The van der Waals surface area contributed by atoms with E-state index in [-0.39, 0.29) is 5.97 Å². The maximum absolute atomic E-state index is 12.4. The van der Waals surface area contributed by atoms with E-state index in [0.29, 0.717) is 18.2 Å². The maximum atomic E-state index is 12.4. The Morgan fingerprint density at radius 2 is 1.87 bits per heavy atom. The number of carbonyl (C=O) groups excluding carboxylic acids is 1. The standard InChI is InChI=1S/C20H25NO2/c1-3-23-20(22)19-17(15-10-6-4-7-11-15)14(2)18(21-19)16-12-8-5-9-13-16/h4,6-7,10-11,16,21H,3,5,8-9,12-13H2,1-2H3. The predicted octanol–water partition coefficient (Wildman–Crippen LogP) is 5.21. The van der Waals surface area contributed by atoms with Crippen molar-refractivity contribution >= 4 is 5.97 Å². The molecule has 1 fully saturated rings. The van der Waals surface area contributed by atoms with Crippen molar-refractivity contribution in [3.05, 3.63) is 47.3 Å². The molecule has 3 heteroatoms. The van der Waals surface area contributed by atoms with E-state index in [1.165, 1.54) is 43.4 Å². The molecule has 122 valence electrons. The lowest BCUT2D eigenvalue weighted by Gasteiger charge is -2.21. The summed E-state index contributed by atoms with van der Waals surface area (Å²) in [7, 11) is 0. The summed E-state index contributed by atoms with van der Waals surface area (Å²) in [6.45, 7) is 4.37. The zero-order chi connectivity index (χ0) is 16.2. The Morgan fingerprint density at radius 1 is 1.17 bits per heavy atom. The third-order valence-corrected chi connectivity index (χ3v) is 4.84. The highest BCUT2D eigenvalue weighted by molar-refractivity contribution is 5.97. The van der Waals surface area contributed by atoms with Crippen molar-refractivity contribution in [1.29, 1.82) is 0 Å². The molecular formula is C20H25NO2. The molecule has 1 heterocycles. The molecule has 23 heavy (non-hydrogen) atoms. The van der Waals surface area contributed by atoms with Gasteiger partial charge in [-0.1, -0.05) is 49.6 Å². The molecule has 1 saturated carbocycles. The first-order valence-electron chi connectivity index (χ1n) is 8.67. The number of rotatable bonds is 4. The van der Waals surface area contributed by atoms with Crippen molar-refractivity contribution in [2.45, 2.75) is 51.9 Å². The van der Waals surface area contributed by atoms with Crippen LogP contribution in [-0.2, 0) is 4.74 Å². The SMILES string of the molecule is CCOC(=O)c1[nH]c(C2CCCCC2)c(C)c1-c1ccccc1. The quantitative estimate of drug-likeness (QED) is 0.787. The van der Waals surface area contributed by atoms with E-state index in [0.717, 1.165) is 11.1 Å². The van der Waals surface area contributed by atoms with E-state index in [4.69, 9.17) is 4.74 Å². The molecule has 1 aromatic carbocycles. The zero-order valence-corrected chi connectivity index (χ0v) is 14.0. The first-order chi connectivity index (χ1) is 11.2. The average molecular weight is 311 g/mol. The fourth-order valence-corrected chi connectivity index (χ4v) is 3.73. The van der Waals surface area contributed by atoms with Crippen LogP contribution in [-0.4, -0.2) is 17.6 Å². The molecule has 0 bridgehead atoms. The molecule has 3 nitrogen and oxygen atoms in total. The first-order valence-corrected chi connectivity index (χ1v) is 8.67. The maximum Gasteiger partial charge on any atom is 0.355 e. The minimum absolute atomic E-state index is 0.253. The van der Waals surface area contributed by atoms with Crippen molar-refractivity contribution in [3.63, 3.8) is 0 Å². The van der Waals surface area contributed by atoms with Crippen LogP contribution in [0.3, 0.4) is 0 Å². The summed E-state index contributed by atoms with van der Waals surface area (Å²) in [5.74, 6) is 0.283. The van der Waals surface area contributed by atoms with Gasteiger partial charge in [-0.25, -0.2) is 4.79 Å². The van der Waals surface area contributed by atoms with Gasteiger partial charge in [-0.2, -0.15) is 0 Å². The predicted molar refractivity (Wildman–Crippen MR) is 92.7 cm³/mol. The molecule has 0 amide bonds. The van der Waals surface area contributed by atoms with Gasteiger partial charge in [-0.3, -0.25) is 0 Å². The van der Waals surface area contributed by atoms with Gasteiger partial charge in [0, 0.05) is 11.3 Å². The van der Waals surface area contributed by atoms with Crippen LogP contribution in [0.25, 0.3) is 11.1 Å². The summed E-state index contributed by atoms with van der Waals surface area (Å²) in [6.07, 6.45) is 6.29. The van der Waals surface area contributed by atoms with Crippen molar-refractivity contribution < 1.29 is 9.53 Å². The van der Waals surface area contributed by atoms with Crippen molar-refractivity contribution in [2.75, 3.05) is 6.61 Å². The normalized spacial score (nSPS) is 15.6. The number of aromatic amines is 1. The summed E-state index contributed by atoms with van der Waals surface area (Å²) in [5.41, 5.74) is 5.12. The van der Waals surface area contributed by atoms with Crippen LogP contribution in [0.2, 0.25) is 0 Å². The Bertz CT molecular complexity index is 666. The Balaban J connectivity index is 2.07. The number of hydrogen-bond acceptors (Lipinski definition) is 2. The van der Waals surface area contributed by atoms with Gasteiger partial charge < -0.3 is 9.72 Å². The van der Waals surface area contributed by atoms with Crippen LogP contribution in [0.15, 0.2) is 30.3 Å². The monoisotopic (exact) mass is 311 g/mol. The lowest BCUT2D eigenvalue weighted by Crippen LogP contribution is -2.08. The minimum Gasteiger partial charge on any atom is -0.461 e. The van der Waals surface area contributed by atoms with Gasteiger partial charge in [0.2, 0.25) is 0 Å². The zero-order valence-electron chi connectivity index (χ0n) is 14.0. The molecule has 0 unspecified atom stereocenters. The van der Waals surface area contributed by atoms with Crippen molar-refractivity contribution in [3.8, 4) is 11.1 Å². The van der Waals surface area contributed by atoms with Crippen LogP contribution >= 0.6 is 0 Å². The summed E-state index contributed by atoms with van der Waals surface area (Å²) in [5, 5.41) is 0. The number of hydrogen-bond donors (Lipinski definition) is 1. The first kappa shape index (κ1) is 15.9. The molecule has 1 aliphatic carbocycles. The molecule has 0 aliphatic heterocycles. The molecule has 0 atom stereocenters. The molecule has 2 aromatic rings. The van der Waals surface area contributed by atoms with Crippen LogP contribution in [0, 0.1) is 6.92 Å². The third kappa shape index (κ3) is 3.19. The van der Waals surface area contributed by atoms with Crippen molar-refractivity contribution in [2.24, 2.45) is 0 Å². The van der Waals surface area contributed by atoms with E-state index < -0.39 is 0 Å². The van der Waals surface area contributed by atoms with E-state index >= 15 is 0 Å². The van der Waals surface area contributed by atoms with E-state index in [1.807, 2.05) is 25.1 Å². The van der Waals surface area contributed by atoms with E-state index in [9.17, 15) is 4.79 Å². The number of nitrogens with one attached hydrogen (secondary N) is 1. The molecule has 1 N–H and O–H groups in total. The summed E-state index contributed by atoms with van der Waals surface area (Å²) in [4.78, 5) is 15.9. The number of benzene rings is 1. The van der Waals surface area contributed by atoms with Gasteiger partial charge in [-0.15, -0.1) is 0 Å². The Morgan fingerprint density at radius 3 is 2.52 bits per heavy atom. The molecule has 3 rings (SSSR count). The fraction of sp³-hybridized carbons (Fsp3) is 0.450. The summed E-state index contributed by atoms with van der Waals surface area (Å²) < 4.78 is 5.28. The Hall–Kier alpha value is -2.03. The lowest BCUT2D eigenvalue weighted by atomic mass is 9.85. The van der Waals surface area contributed by atoms with Gasteiger partial charge >= 0.3 is 5.97 Å². The highest BCUT2D eigenvalue weighted by Crippen LogP contribution is 2.39. The number of carbonyl (C=O) groups is 1. The van der Waals surface area contributed by atoms with Gasteiger partial charge in [0.15, 0.2) is 0 Å². The second-order valence-corrected chi connectivity index (χ2v) is 6.34.